The molecule has 4 heteroatoms. The molecular weight excluding hydrogens is 266 g/mol. The van der Waals surface area contributed by atoms with Gasteiger partial charge in [0.05, 0.1) is 5.69 Å². The molecule has 21 heavy (non-hydrogen) atoms. The summed E-state index contributed by atoms with van der Waals surface area (Å²) in [5.41, 5.74) is 3.81. The number of benzene rings is 2. The molecule has 0 saturated heterocycles. The van der Waals surface area contributed by atoms with Crippen LogP contribution in [0, 0.1) is 6.92 Å². The fourth-order valence-corrected chi connectivity index (χ4v) is 2.20. The van der Waals surface area contributed by atoms with Gasteiger partial charge in [-0.3, -0.25) is 0 Å². The lowest BCUT2D eigenvalue weighted by Crippen LogP contribution is -1.95. The molecule has 3 rings (SSSR count). The number of rotatable bonds is 5. The summed E-state index contributed by atoms with van der Waals surface area (Å²) in [5.74, 6) is 0.745. The van der Waals surface area contributed by atoms with Crippen LogP contribution in [-0.2, 0) is 13.0 Å². The van der Waals surface area contributed by atoms with Crippen molar-refractivity contribution in [3.63, 3.8) is 0 Å². The molecule has 0 aliphatic carbocycles. The summed E-state index contributed by atoms with van der Waals surface area (Å²) >= 11 is 0. The number of aliphatic hydroxyl groups is 1. The number of ether oxygens (including phenoxy) is 1. The van der Waals surface area contributed by atoms with Gasteiger partial charge in [0.2, 0.25) is 0 Å². The van der Waals surface area contributed by atoms with Crippen LogP contribution in [0.25, 0.3) is 11.0 Å². The molecular formula is C17H17NO3. The standard InChI is InChI=1S/C17H17NO3/c1-12-2-4-13(5-3-12)11-20-14-6-7-15-16(8-9-19)18-21-17(15)10-14/h2-7,10,19H,8-9,11H2,1H3. The van der Waals surface area contributed by atoms with Crippen LogP contribution >= 0.6 is 0 Å². The molecule has 0 atom stereocenters. The third-order valence-corrected chi connectivity index (χ3v) is 3.39. The molecule has 0 saturated carbocycles. The highest BCUT2D eigenvalue weighted by Crippen LogP contribution is 2.24. The molecule has 4 nitrogen and oxygen atoms in total. The first-order chi connectivity index (χ1) is 10.3. The number of aliphatic hydroxyl groups excluding tert-OH is 1. The van der Waals surface area contributed by atoms with E-state index < -0.39 is 0 Å². The fraction of sp³-hybridized carbons (Fsp3) is 0.235. The largest absolute Gasteiger partial charge is 0.489 e. The van der Waals surface area contributed by atoms with E-state index in [1.165, 1.54) is 5.56 Å². The highest BCUT2D eigenvalue weighted by molar-refractivity contribution is 5.80. The van der Waals surface area contributed by atoms with E-state index in [4.69, 9.17) is 14.4 Å². The van der Waals surface area contributed by atoms with E-state index >= 15 is 0 Å². The predicted molar refractivity (Wildman–Crippen MR) is 80.3 cm³/mol. The van der Waals surface area contributed by atoms with Gasteiger partial charge in [0, 0.05) is 24.5 Å². The Morgan fingerprint density at radius 2 is 1.95 bits per heavy atom. The summed E-state index contributed by atoms with van der Waals surface area (Å²) in [6, 6.07) is 13.9. The van der Waals surface area contributed by atoms with E-state index in [2.05, 4.69) is 36.3 Å². The molecule has 0 amide bonds. The quantitative estimate of drug-likeness (QED) is 0.781. The number of hydrogen-bond donors (Lipinski definition) is 1. The SMILES string of the molecule is Cc1ccc(COc2ccc3c(CCO)noc3c2)cc1. The molecule has 0 fully saturated rings. The monoisotopic (exact) mass is 283 g/mol. The molecule has 0 aliphatic rings. The van der Waals surface area contributed by atoms with Crippen LogP contribution in [-0.4, -0.2) is 16.9 Å². The lowest BCUT2D eigenvalue weighted by molar-refractivity contribution is 0.295. The Labute approximate surface area is 123 Å². The Morgan fingerprint density at radius 1 is 1.14 bits per heavy atom. The minimum absolute atomic E-state index is 0.0628. The molecule has 0 spiro atoms. The second-order valence-electron chi connectivity index (χ2n) is 5.04. The van der Waals surface area contributed by atoms with Crippen molar-refractivity contribution < 1.29 is 14.4 Å². The van der Waals surface area contributed by atoms with Gasteiger partial charge < -0.3 is 14.4 Å². The summed E-state index contributed by atoms with van der Waals surface area (Å²) in [6.07, 6.45) is 0.497. The van der Waals surface area contributed by atoms with Gasteiger partial charge in [-0.25, -0.2) is 0 Å². The molecule has 108 valence electrons. The Bertz CT molecular complexity index is 731. The van der Waals surface area contributed by atoms with E-state index in [1.54, 1.807) is 0 Å². The van der Waals surface area contributed by atoms with Crippen LogP contribution in [0.2, 0.25) is 0 Å². The molecule has 1 N–H and O–H groups in total. The average Bonchev–Trinajstić information content (AvgIpc) is 2.90. The number of fused-ring (bicyclic) bond motifs is 1. The molecule has 2 aromatic carbocycles. The van der Waals surface area contributed by atoms with E-state index in [0.29, 0.717) is 18.6 Å². The highest BCUT2D eigenvalue weighted by atomic mass is 16.5. The first-order valence-electron chi connectivity index (χ1n) is 6.94. The molecule has 1 heterocycles. The maximum absolute atomic E-state index is 8.98. The van der Waals surface area contributed by atoms with E-state index in [9.17, 15) is 0 Å². The molecule has 1 aromatic heterocycles. The second kappa shape index (κ2) is 5.97. The number of aromatic nitrogens is 1. The van der Waals surface area contributed by atoms with Gasteiger partial charge in [-0.05, 0) is 24.6 Å². The first kappa shape index (κ1) is 13.6. The summed E-state index contributed by atoms with van der Waals surface area (Å²) < 4.78 is 11.0. The van der Waals surface area contributed by atoms with Gasteiger partial charge in [-0.2, -0.15) is 0 Å². The van der Waals surface area contributed by atoms with Crippen molar-refractivity contribution in [2.45, 2.75) is 20.0 Å². The van der Waals surface area contributed by atoms with Gasteiger partial charge in [0.15, 0.2) is 5.58 Å². The Morgan fingerprint density at radius 3 is 2.71 bits per heavy atom. The lowest BCUT2D eigenvalue weighted by Gasteiger charge is -2.06. The van der Waals surface area contributed by atoms with Crippen LogP contribution in [0.3, 0.4) is 0 Å². The van der Waals surface area contributed by atoms with Gasteiger partial charge in [0.1, 0.15) is 12.4 Å². The van der Waals surface area contributed by atoms with Crippen LogP contribution in [0.15, 0.2) is 47.0 Å². The summed E-state index contributed by atoms with van der Waals surface area (Å²) in [7, 11) is 0. The maximum atomic E-state index is 8.98. The highest BCUT2D eigenvalue weighted by Gasteiger charge is 2.08. The Hall–Kier alpha value is -2.33. The maximum Gasteiger partial charge on any atom is 0.170 e. The van der Waals surface area contributed by atoms with Crippen LogP contribution < -0.4 is 4.74 Å². The third-order valence-electron chi connectivity index (χ3n) is 3.39. The molecule has 3 aromatic rings. The second-order valence-corrected chi connectivity index (χ2v) is 5.04. The van der Waals surface area contributed by atoms with Crippen LogP contribution in [0.5, 0.6) is 5.75 Å². The number of hydrogen-bond acceptors (Lipinski definition) is 4. The smallest absolute Gasteiger partial charge is 0.170 e. The first-order valence-corrected chi connectivity index (χ1v) is 6.94. The van der Waals surface area contributed by atoms with Gasteiger partial charge in [-0.1, -0.05) is 35.0 Å². The molecule has 0 aliphatic heterocycles. The summed E-state index contributed by atoms with van der Waals surface area (Å²) in [6.45, 7) is 2.64. The van der Waals surface area contributed by atoms with Gasteiger partial charge in [-0.15, -0.1) is 0 Å². The van der Waals surface area contributed by atoms with E-state index in [-0.39, 0.29) is 6.61 Å². The molecule has 0 bridgehead atoms. The van der Waals surface area contributed by atoms with Crippen molar-refractivity contribution in [1.29, 1.82) is 0 Å². The van der Waals surface area contributed by atoms with E-state index in [0.717, 1.165) is 22.4 Å². The van der Waals surface area contributed by atoms with Crippen molar-refractivity contribution >= 4 is 11.0 Å². The van der Waals surface area contributed by atoms with Crippen molar-refractivity contribution in [2.24, 2.45) is 0 Å². The Balaban J connectivity index is 1.74. The lowest BCUT2D eigenvalue weighted by atomic mass is 10.1. The normalized spacial score (nSPS) is 11.0. The van der Waals surface area contributed by atoms with Gasteiger partial charge >= 0.3 is 0 Å². The van der Waals surface area contributed by atoms with Crippen LogP contribution in [0.4, 0.5) is 0 Å². The summed E-state index contributed by atoms with van der Waals surface area (Å²) in [5, 5.41) is 13.9. The average molecular weight is 283 g/mol. The zero-order valence-electron chi connectivity index (χ0n) is 11.9. The number of nitrogens with zero attached hydrogens (tertiary/aromatic N) is 1. The zero-order chi connectivity index (χ0) is 14.7. The Kier molecular flexibility index (Phi) is 3.88. The zero-order valence-corrected chi connectivity index (χ0v) is 11.9. The van der Waals surface area contributed by atoms with Crippen molar-refractivity contribution in [3.8, 4) is 5.75 Å². The van der Waals surface area contributed by atoms with Gasteiger partial charge in [0.25, 0.3) is 0 Å². The van der Waals surface area contributed by atoms with Crippen LogP contribution in [0.1, 0.15) is 16.8 Å². The van der Waals surface area contributed by atoms with Crippen molar-refractivity contribution in [3.05, 3.63) is 59.3 Å². The predicted octanol–water partition coefficient (Wildman–Crippen LogP) is 3.25. The minimum atomic E-state index is 0.0628. The fourth-order valence-electron chi connectivity index (χ4n) is 2.20. The third kappa shape index (κ3) is 3.06. The topological polar surface area (TPSA) is 55.5 Å². The number of aryl methyl sites for hydroxylation is 1. The summed E-state index contributed by atoms with van der Waals surface area (Å²) in [4.78, 5) is 0. The van der Waals surface area contributed by atoms with Crippen molar-refractivity contribution in [2.75, 3.05) is 6.61 Å². The van der Waals surface area contributed by atoms with E-state index in [1.807, 2.05) is 18.2 Å². The minimum Gasteiger partial charge on any atom is -0.489 e. The molecule has 0 radical (unpaired) electrons. The molecule has 0 unspecified atom stereocenters. The van der Waals surface area contributed by atoms with Crippen molar-refractivity contribution in [1.82, 2.24) is 5.16 Å².